The van der Waals surface area contributed by atoms with Crippen molar-refractivity contribution in [1.82, 2.24) is 15.0 Å². The summed E-state index contributed by atoms with van der Waals surface area (Å²) in [4.78, 5) is 11.0. The molecule has 27 heavy (non-hydrogen) atoms. The number of pyridine rings is 1. The molecule has 3 rings (SSSR count). The third kappa shape index (κ3) is 4.41. The van der Waals surface area contributed by atoms with Gasteiger partial charge in [-0.05, 0) is 18.2 Å². The number of aromatic amines is 1. The van der Waals surface area contributed by atoms with Crippen LogP contribution in [0.4, 0.5) is 22.0 Å². The molecular weight excluding hydrogens is 393 g/mol. The molecule has 5 nitrogen and oxygen atoms in total. The lowest BCUT2D eigenvalue weighted by Crippen LogP contribution is -2.41. The molecule has 0 saturated carbocycles. The molecule has 1 aromatic carbocycles. The van der Waals surface area contributed by atoms with Crippen LogP contribution in [-0.4, -0.2) is 37.9 Å². The number of nitrogens with zero attached hydrogens (tertiary/aromatic N) is 2. The number of aromatic nitrogens is 3. The van der Waals surface area contributed by atoms with Crippen LogP contribution in [0, 0.1) is 0 Å². The van der Waals surface area contributed by atoms with E-state index in [1.54, 1.807) is 24.3 Å². The Bertz CT molecular complexity index is 941. The summed E-state index contributed by atoms with van der Waals surface area (Å²) in [6.07, 6.45) is -4.53. The first-order valence-electron chi connectivity index (χ1n) is 7.51. The van der Waals surface area contributed by atoms with E-state index in [0.29, 0.717) is 11.0 Å². The Morgan fingerprint density at radius 3 is 2.56 bits per heavy atom. The second kappa shape index (κ2) is 7.22. The van der Waals surface area contributed by atoms with Crippen LogP contribution >= 0.6 is 0 Å². The van der Waals surface area contributed by atoms with Crippen LogP contribution in [0.25, 0.3) is 11.0 Å². The zero-order valence-corrected chi connectivity index (χ0v) is 14.3. The van der Waals surface area contributed by atoms with Gasteiger partial charge < -0.3 is 9.72 Å². The molecule has 1 N–H and O–H groups in total. The highest BCUT2D eigenvalue weighted by molar-refractivity contribution is 7.84. The van der Waals surface area contributed by atoms with Crippen molar-refractivity contribution in [2.75, 3.05) is 6.61 Å². The standard InChI is InChI=1S/C16H12F5N3O2S/c17-15(18,16(19,20)21)9-26-11-5-6-22-10(7-11)8-27(25)14-23-12-3-1-2-4-13(12)24-14/h1-7H,8-9H2,(H,23,24). The third-order valence-electron chi connectivity index (χ3n) is 3.49. The summed E-state index contributed by atoms with van der Waals surface area (Å²) in [5.41, 5.74) is 1.52. The maximum Gasteiger partial charge on any atom is 0.456 e. The van der Waals surface area contributed by atoms with E-state index >= 15 is 0 Å². The Balaban J connectivity index is 1.69. The van der Waals surface area contributed by atoms with Gasteiger partial charge in [0, 0.05) is 12.3 Å². The number of benzene rings is 1. The number of rotatable bonds is 6. The van der Waals surface area contributed by atoms with E-state index in [0.717, 1.165) is 12.1 Å². The predicted molar refractivity (Wildman–Crippen MR) is 86.9 cm³/mol. The van der Waals surface area contributed by atoms with Gasteiger partial charge in [-0.15, -0.1) is 0 Å². The SMILES string of the molecule is O=S(Cc1cc(OCC(F)(F)C(F)(F)F)ccn1)c1nc2ccccc2[nH]1. The van der Waals surface area contributed by atoms with E-state index in [9.17, 15) is 26.2 Å². The highest BCUT2D eigenvalue weighted by atomic mass is 32.2. The van der Waals surface area contributed by atoms with Crippen molar-refractivity contribution in [2.24, 2.45) is 0 Å². The minimum absolute atomic E-state index is 0.118. The van der Waals surface area contributed by atoms with Crippen LogP contribution in [0.1, 0.15) is 5.69 Å². The van der Waals surface area contributed by atoms with Crippen LogP contribution in [0.5, 0.6) is 5.75 Å². The summed E-state index contributed by atoms with van der Waals surface area (Å²) >= 11 is 0. The number of para-hydroxylation sites is 2. The Morgan fingerprint density at radius 2 is 1.85 bits per heavy atom. The minimum atomic E-state index is -5.70. The molecule has 2 heterocycles. The molecule has 144 valence electrons. The molecule has 0 aliphatic heterocycles. The molecule has 0 spiro atoms. The summed E-state index contributed by atoms with van der Waals surface area (Å²) in [5.74, 6) is -5.33. The van der Waals surface area contributed by atoms with Gasteiger partial charge in [-0.2, -0.15) is 22.0 Å². The normalized spacial score (nSPS) is 13.7. The Hall–Kier alpha value is -2.56. The topological polar surface area (TPSA) is 67.9 Å². The summed E-state index contributed by atoms with van der Waals surface area (Å²) in [5, 5.41) is 0.202. The molecule has 0 radical (unpaired) electrons. The lowest BCUT2D eigenvalue weighted by Gasteiger charge is -2.19. The van der Waals surface area contributed by atoms with Gasteiger partial charge in [0.25, 0.3) is 0 Å². The van der Waals surface area contributed by atoms with Crippen molar-refractivity contribution < 1.29 is 30.9 Å². The fraction of sp³-hybridized carbons (Fsp3) is 0.250. The smallest absolute Gasteiger partial charge is 0.456 e. The van der Waals surface area contributed by atoms with Crippen molar-refractivity contribution in [3.05, 3.63) is 48.3 Å². The maximum absolute atomic E-state index is 12.9. The quantitative estimate of drug-likeness (QED) is 0.633. The number of ether oxygens (including phenoxy) is 1. The molecule has 2 aromatic heterocycles. The van der Waals surface area contributed by atoms with E-state index in [2.05, 4.69) is 19.7 Å². The number of H-pyrrole nitrogens is 1. The summed E-state index contributed by atoms with van der Waals surface area (Å²) in [7, 11) is -1.62. The molecule has 1 unspecified atom stereocenters. The fourth-order valence-corrected chi connectivity index (χ4v) is 3.11. The average Bonchev–Trinajstić information content (AvgIpc) is 3.04. The summed E-state index contributed by atoms with van der Waals surface area (Å²) in [6, 6.07) is 9.35. The van der Waals surface area contributed by atoms with E-state index in [1.807, 2.05) is 0 Å². The van der Waals surface area contributed by atoms with Crippen molar-refractivity contribution in [1.29, 1.82) is 0 Å². The number of fused-ring (bicyclic) bond motifs is 1. The monoisotopic (exact) mass is 405 g/mol. The third-order valence-corrected chi connectivity index (χ3v) is 4.67. The van der Waals surface area contributed by atoms with Crippen LogP contribution < -0.4 is 4.74 Å². The van der Waals surface area contributed by atoms with Crippen LogP contribution in [0.2, 0.25) is 0 Å². The van der Waals surface area contributed by atoms with Gasteiger partial charge in [0.1, 0.15) is 5.75 Å². The zero-order chi connectivity index (χ0) is 19.7. The molecule has 1 atom stereocenters. The number of halogens is 5. The molecule has 0 fully saturated rings. The first-order chi connectivity index (χ1) is 12.7. The highest BCUT2D eigenvalue weighted by Crippen LogP contribution is 2.35. The minimum Gasteiger partial charge on any atom is -0.487 e. The van der Waals surface area contributed by atoms with Gasteiger partial charge >= 0.3 is 12.1 Å². The number of imidazole rings is 1. The number of hydrogen-bond acceptors (Lipinski definition) is 4. The van der Waals surface area contributed by atoms with Gasteiger partial charge in [0.05, 0.1) is 33.3 Å². The summed E-state index contributed by atoms with van der Waals surface area (Å²) in [6.45, 7) is -1.85. The van der Waals surface area contributed by atoms with Crippen molar-refractivity contribution >= 4 is 21.8 Å². The first kappa shape index (κ1) is 19.2. The van der Waals surface area contributed by atoms with E-state index in [-0.39, 0.29) is 22.4 Å². The fourth-order valence-electron chi connectivity index (χ4n) is 2.12. The van der Waals surface area contributed by atoms with Gasteiger partial charge in [0.15, 0.2) is 11.8 Å². The van der Waals surface area contributed by atoms with Crippen LogP contribution in [0.3, 0.4) is 0 Å². The van der Waals surface area contributed by atoms with E-state index in [4.69, 9.17) is 0 Å². The van der Waals surface area contributed by atoms with E-state index < -0.39 is 29.5 Å². The lowest BCUT2D eigenvalue weighted by molar-refractivity contribution is -0.290. The molecule has 0 bridgehead atoms. The first-order valence-corrected chi connectivity index (χ1v) is 8.83. The largest absolute Gasteiger partial charge is 0.487 e. The zero-order valence-electron chi connectivity index (χ0n) is 13.5. The molecule has 0 aliphatic rings. The lowest BCUT2D eigenvalue weighted by atomic mass is 10.3. The number of alkyl halides is 5. The van der Waals surface area contributed by atoms with Gasteiger partial charge in [-0.3, -0.25) is 9.19 Å². The second-order valence-corrected chi connectivity index (χ2v) is 6.89. The average molecular weight is 405 g/mol. The van der Waals surface area contributed by atoms with Crippen molar-refractivity contribution in [3.63, 3.8) is 0 Å². The van der Waals surface area contributed by atoms with Crippen molar-refractivity contribution in [2.45, 2.75) is 23.0 Å². The maximum atomic E-state index is 12.9. The van der Waals surface area contributed by atoms with Crippen LogP contribution in [-0.2, 0) is 16.6 Å². The predicted octanol–water partition coefficient (Wildman–Crippen LogP) is 3.84. The van der Waals surface area contributed by atoms with E-state index in [1.165, 1.54) is 6.20 Å². The molecule has 3 aromatic rings. The molecule has 0 amide bonds. The summed E-state index contributed by atoms with van der Waals surface area (Å²) < 4.78 is 79.3. The van der Waals surface area contributed by atoms with Gasteiger partial charge in [0.2, 0.25) is 0 Å². The Labute approximate surface area is 152 Å². The Kier molecular flexibility index (Phi) is 5.13. The second-order valence-electron chi connectivity index (χ2n) is 5.52. The van der Waals surface area contributed by atoms with Crippen molar-refractivity contribution in [3.8, 4) is 5.75 Å². The molecule has 11 heteroatoms. The molecule has 0 saturated heterocycles. The van der Waals surface area contributed by atoms with Gasteiger partial charge in [-0.1, -0.05) is 12.1 Å². The number of hydrogen-bond donors (Lipinski definition) is 1. The highest BCUT2D eigenvalue weighted by Gasteiger charge is 2.58. The van der Waals surface area contributed by atoms with Gasteiger partial charge in [-0.25, -0.2) is 4.98 Å². The number of nitrogens with one attached hydrogen (secondary N) is 1. The Morgan fingerprint density at radius 1 is 1.11 bits per heavy atom. The molecule has 0 aliphatic carbocycles. The molecular formula is C16H12F5N3O2S. The van der Waals surface area contributed by atoms with Crippen LogP contribution in [0.15, 0.2) is 47.8 Å².